The van der Waals surface area contributed by atoms with E-state index in [0.29, 0.717) is 4.88 Å². The van der Waals surface area contributed by atoms with Crippen molar-refractivity contribution in [3.63, 3.8) is 0 Å². The van der Waals surface area contributed by atoms with Gasteiger partial charge in [-0.1, -0.05) is 6.92 Å². The quantitative estimate of drug-likeness (QED) is 0.489. The molecular weight excluding hydrogens is 370 g/mol. The van der Waals surface area contributed by atoms with Crippen molar-refractivity contribution in [1.82, 2.24) is 19.8 Å². The van der Waals surface area contributed by atoms with E-state index in [4.69, 9.17) is 0 Å². The number of nitrogens with zero attached hydrogens (tertiary/aromatic N) is 4. The van der Waals surface area contributed by atoms with Gasteiger partial charge in [-0.05, 0) is 58.7 Å². The molecule has 0 aliphatic heterocycles. The SMILES string of the molecule is CCc1sc(C(=O)N/N=C\c2cc(C)n(-c3ccnn3C(C)C)c2C)cc1C. The third kappa shape index (κ3) is 3.80. The molecule has 0 aromatic carbocycles. The second-order valence-corrected chi connectivity index (χ2v) is 8.30. The third-order valence-corrected chi connectivity index (χ3v) is 6.15. The summed E-state index contributed by atoms with van der Waals surface area (Å²) in [6, 6.07) is 6.26. The van der Waals surface area contributed by atoms with Crippen LogP contribution >= 0.6 is 11.3 Å². The predicted molar refractivity (Wildman–Crippen MR) is 115 cm³/mol. The van der Waals surface area contributed by atoms with E-state index in [1.165, 1.54) is 16.2 Å². The summed E-state index contributed by atoms with van der Waals surface area (Å²) in [4.78, 5) is 14.3. The normalized spacial score (nSPS) is 11.7. The van der Waals surface area contributed by atoms with Gasteiger partial charge in [-0.25, -0.2) is 10.1 Å². The van der Waals surface area contributed by atoms with Crippen molar-refractivity contribution in [1.29, 1.82) is 0 Å². The highest BCUT2D eigenvalue weighted by Crippen LogP contribution is 2.23. The second kappa shape index (κ2) is 8.14. The van der Waals surface area contributed by atoms with E-state index in [1.807, 2.05) is 36.9 Å². The van der Waals surface area contributed by atoms with Crippen LogP contribution in [0.4, 0.5) is 0 Å². The number of hydrogen-bond donors (Lipinski definition) is 1. The number of nitrogens with one attached hydrogen (secondary N) is 1. The van der Waals surface area contributed by atoms with Crippen LogP contribution in [0.15, 0.2) is 29.5 Å². The first-order valence-corrected chi connectivity index (χ1v) is 10.3. The monoisotopic (exact) mass is 397 g/mol. The average Bonchev–Trinajstić information content (AvgIpc) is 3.33. The summed E-state index contributed by atoms with van der Waals surface area (Å²) in [6.45, 7) is 12.5. The molecular formula is C21H27N5OS. The summed E-state index contributed by atoms with van der Waals surface area (Å²) in [6.07, 6.45) is 4.45. The number of aromatic nitrogens is 3. The largest absolute Gasteiger partial charge is 0.303 e. The minimum Gasteiger partial charge on any atom is -0.303 e. The number of carbonyl (C=O) groups excluding carboxylic acids is 1. The Morgan fingerprint density at radius 3 is 2.71 bits per heavy atom. The van der Waals surface area contributed by atoms with Gasteiger partial charge in [-0.3, -0.25) is 4.79 Å². The van der Waals surface area contributed by atoms with Gasteiger partial charge in [-0.15, -0.1) is 11.3 Å². The lowest BCUT2D eigenvalue weighted by Crippen LogP contribution is -2.16. The lowest BCUT2D eigenvalue weighted by molar-refractivity contribution is 0.0959. The fourth-order valence-corrected chi connectivity index (χ4v) is 4.36. The number of rotatable bonds is 6. The molecule has 0 aliphatic rings. The van der Waals surface area contributed by atoms with Crippen molar-refractivity contribution < 1.29 is 4.79 Å². The van der Waals surface area contributed by atoms with Crippen LogP contribution in [0.25, 0.3) is 5.82 Å². The van der Waals surface area contributed by atoms with Crippen molar-refractivity contribution in [2.24, 2.45) is 5.10 Å². The Kier molecular flexibility index (Phi) is 5.84. The molecule has 0 atom stereocenters. The predicted octanol–water partition coefficient (Wildman–Crippen LogP) is 4.57. The van der Waals surface area contributed by atoms with Gasteiger partial charge in [-0.2, -0.15) is 10.2 Å². The Labute approximate surface area is 169 Å². The molecule has 148 valence electrons. The van der Waals surface area contributed by atoms with E-state index in [0.717, 1.165) is 34.8 Å². The van der Waals surface area contributed by atoms with Crippen molar-refractivity contribution >= 4 is 23.5 Å². The van der Waals surface area contributed by atoms with Crippen molar-refractivity contribution in [2.75, 3.05) is 0 Å². The molecule has 3 aromatic heterocycles. The molecule has 1 amide bonds. The topological polar surface area (TPSA) is 64.2 Å². The van der Waals surface area contributed by atoms with Gasteiger partial charge in [0.1, 0.15) is 5.82 Å². The Morgan fingerprint density at radius 2 is 2.07 bits per heavy atom. The average molecular weight is 398 g/mol. The Bertz CT molecular complexity index is 1020. The zero-order chi connectivity index (χ0) is 20.4. The summed E-state index contributed by atoms with van der Waals surface area (Å²) in [5.74, 6) is 0.852. The van der Waals surface area contributed by atoms with E-state index in [9.17, 15) is 4.79 Å². The molecule has 3 heterocycles. The molecule has 1 N–H and O–H groups in total. The van der Waals surface area contributed by atoms with Gasteiger partial charge in [0.15, 0.2) is 0 Å². The molecule has 0 saturated heterocycles. The fourth-order valence-electron chi connectivity index (χ4n) is 3.35. The summed E-state index contributed by atoms with van der Waals surface area (Å²) in [5.41, 5.74) is 6.92. The summed E-state index contributed by atoms with van der Waals surface area (Å²) in [5, 5.41) is 8.61. The molecule has 28 heavy (non-hydrogen) atoms. The molecule has 3 rings (SSSR count). The lowest BCUT2D eigenvalue weighted by Gasteiger charge is -2.14. The molecule has 0 unspecified atom stereocenters. The zero-order valence-electron chi connectivity index (χ0n) is 17.3. The molecule has 3 aromatic rings. The van der Waals surface area contributed by atoms with Crippen molar-refractivity contribution in [3.8, 4) is 5.82 Å². The van der Waals surface area contributed by atoms with Gasteiger partial charge in [0, 0.05) is 33.9 Å². The van der Waals surface area contributed by atoms with Gasteiger partial charge in [0.05, 0.1) is 17.3 Å². The lowest BCUT2D eigenvalue weighted by atomic mass is 10.2. The summed E-state index contributed by atoms with van der Waals surface area (Å²) < 4.78 is 4.15. The van der Waals surface area contributed by atoms with Crippen molar-refractivity contribution in [2.45, 2.75) is 54.0 Å². The van der Waals surface area contributed by atoms with E-state index >= 15 is 0 Å². The highest BCUT2D eigenvalue weighted by molar-refractivity contribution is 7.14. The van der Waals surface area contributed by atoms with E-state index in [1.54, 1.807) is 6.21 Å². The maximum absolute atomic E-state index is 12.3. The van der Waals surface area contributed by atoms with E-state index < -0.39 is 0 Å². The Morgan fingerprint density at radius 1 is 1.32 bits per heavy atom. The number of aryl methyl sites for hydroxylation is 3. The number of hydrogen-bond acceptors (Lipinski definition) is 4. The second-order valence-electron chi connectivity index (χ2n) is 7.16. The maximum Gasteiger partial charge on any atom is 0.281 e. The number of carbonyl (C=O) groups is 1. The summed E-state index contributed by atoms with van der Waals surface area (Å²) in [7, 11) is 0. The molecule has 0 saturated carbocycles. The first-order chi connectivity index (χ1) is 13.3. The van der Waals surface area contributed by atoms with Gasteiger partial charge < -0.3 is 4.57 Å². The Hall–Kier alpha value is -2.67. The van der Waals surface area contributed by atoms with Crippen LogP contribution in [-0.2, 0) is 6.42 Å². The molecule has 7 heteroatoms. The van der Waals surface area contributed by atoms with E-state index in [2.05, 4.69) is 54.0 Å². The smallest absolute Gasteiger partial charge is 0.281 e. The molecule has 0 fully saturated rings. The zero-order valence-corrected chi connectivity index (χ0v) is 18.1. The van der Waals surface area contributed by atoms with Gasteiger partial charge in [0.25, 0.3) is 5.91 Å². The number of amides is 1. The third-order valence-electron chi connectivity index (χ3n) is 4.77. The molecule has 0 radical (unpaired) electrons. The highest BCUT2D eigenvalue weighted by atomic mass is 32.1. The van der Waals surface area contributed by atoms with Crippen LogP contribution in [0.1, 0.15) is 63.9 Å². The van der Waals surface area contributed by atoms with Crippen LogP contribution in [0.2, 0.25) is 0 Å². The summed E-state index contributed by atoms with van der Waals surface area (Å²) >= 11 is 1.53. The fraction of sp³-hybridized carbons (Fsp3) is 0.381. The molecule has 0 aliphatic carbocycles. The standard InChI is InChI=1S/C21H27N5OS/c1-7-18-14(4)10-19(28-18)21(27)24-22-12-17-11-15(5)25(16(17)6)20-8-9-23-26(20)13(2)3/h8-13H,7H2,1-6H3,(H,24,27)/b22-12-. The van der Waals surface area contributed by atoms with Crippen LogP contribution in [0.3, 0.4) is 0 Å². The molecule has 0 spiro atoms. The van der Waals surface area contributed by atoms with Gasteiger partial charge in [0.2, 0.25) is 0 Å². The van der Waals surface area contributed by atoms with Crippen LogP contribution < -0.4 is 5.43 Å². The minimum absolute atomic E-state index is 0.171. The van der Waals surface area contributed by atoms with Crippen LogP contribution in [0, 0.1) is 20.8 Å². The maximum atomic E-state index is 12.3. The molecule has 6 nitrogen and oxygen atoms in total. The Balaban J connectivity index is 1.79. The first-order valence-electron chi connectivity index (χ1n) is 9.49. The highest BCUT2D eigenvalue weighted by Gasteiger charge is 2.15. The van der Waals surface area contributed by atoms with E-state index in [-0.39, 0.29) is 11.9 Å². The number of thiophene rings is 1. The van der Waals surface area contributed by atoms with Crippen molar-refractivity contribution in [3.05, 3.63) is 56.7 Å². The van der Waals surface area contributed by atoms with Crippen LogP contribution in [-0.4, -0.2) is 26.5 Å². The van der Waals surface area contributed by atoms with Gasteiger partial charge >= 0.3 is 0 Å². The van der Waals surface area contributed by atoms with Crippen LogP contribution in [0.5, 0.6) is 0 Å². The number of hydrazone groups is 1. The minimum atomic E-state index is -0.171. The molecule has 0 bridgehead atoms. The first kappa shape index (κ1) is 20.1.